The smallest absolute Gasteiger partial charge is 0.0663 e. The zero-order valence-electron chi connectivity index (χ0n) is 8.29. The Balaban J connectivity index is 3.17. The summed E-state index contributed by atoms with van der Waals surface area (Å²) in [6, 6.07) is 2.06. The summed E-state index contributed by atoms with van der Waals surface area (Å²) in [7, 11) is 0. The molecule has 0 rings (SSSR count). The first-order valence-electron chi connectivity index (χ1n) is 4.79. The van der Waals surface area contributed by atoms with Crippen molar-refractivity contribution in [1.82, 2.24) is 5.32 Å². The number of allylic oxidation sites excluding steroid dienone is 3. The second kappa shape index (κ2) is 10.9. The molecule has 1 N–H and O–H groups in total. The molecule has 0 aromatic rings. The summed E-state index contributed by atoms with van der Waals surface area (Å²) in [6.45, 7) is 4.18. The van der Waals surface area contributed by atoms with Gasteiger partial charge in [-0.05, 0) is 19.4 Å². The number of nitrogens with one attached hydrogen (secondary N) is 1. The van der Waals surface area contributed by atoms with Crippen LogP contribution in [0.3, 0.4) is 0 Å². The molecule has 2 heteroatoms. The van der Waals surface area contributed by atoms with E-state index in [2.05, 4.69) is 30.5 Å². The van der Waals surface area contributed by atoms with Crippen LogP contribution in [0.2, 0.25) is 0 Å². The van der Waals surface area contributed by atoms with E-state index in [9.17, 15) is 0 Å². The predicted molar refractivity (Wildman–Crippen MR) is 56.3 cm³/mol. The molecule has 2 nitrogen and oxygen atoms in total. The van der Waals surface area contributed by atoms with Gasteiger partial charge in [0, 0.05) is 6.54 Å². The van der Waals surface area contributed by atoms with Crippen molar-refractivity contribution in [1.29, 1.82) is 5.26 Å². The quantitative estimate of drug-likeness (QED) is 0.480. The van der Waals surface area contributed by atoms with Crippen LogP contribution in [0.4, 0.5) is 0 Å². The maximum Gasteiger partial charge on any atom is 0.0663 e. The highest BCUT2D eigenvalue weighted by atomic mass is 14.8. The summed E-state index contributed by atoms with van der Waals surface area (Å²) in [5, 5.41) is 11.5. The Bertz CT molecular complexity index is 187. The lowest BCUT2D eigenvalue weighted by molar-refractivity contribution is 0.728. The monoisotopic (exact) mass is 178 g/mol. The highest BCUT2D eigenvalue weighted by Gasteiger charge is 1.77. The van der Waals surface area contributed by atoms with Crippen molar-refractivity contribution in [2.75, 3.05) is 13.1 Å². The van der Waals surface area contributed by atoms with Gasteiger partial charge in [-0.3, -0.25) is 0 Å². The number of rotatable bonds is 7. The SMILES string of the molecule is CCCNC/C=C\C/C=C\CC#N. The molecule has 0 spiro atoms. The third-order valence-corrected chi connectivity index (χ3v) is 1.50. The molecule has 0 aliphatic heterocycles. The van der Waals surface area contributed by atoms with Crippen molar-refractivity contribution in [2.45, 2.75) is 26.2 Å². The summed E-state index contributed by atoms with van der Waals surface area (Å²) < 4.78 is 0. The van der Waals surface area contributed by atoms with E-state index in [1.165, 1.54) is 6.42 Å². The zero-order chi connectivity index (χ0) is 9.78. The molecule has 0 fully saturated rings. The van der Waals surface area contributed by atoms with Crippen LogP contribution in [-0.2, 0) is 0 Å². The molecule has 0 aromatic heterocycles. The minimum absolute atomic E-state index is 0.516. The molecule has 0 aliphatic carbocycles. The van der Waals surface area contributed by atoms with Gasteiger partial charge in [-0.15, -0.1) is 0 Å². The molecule has 0 heterocycles. The normalized spacial score (nSPS) is 11.1. The summed E-state index contributed by atoms with van der Waals surface area (Å²) in [5.74, 6) is 0. The minimum Gasteiger partial charge on any atom is -0.313 e. The van der Waals surface area contributed by atoms with E-state index < -0.39 is 0 Å². The van der Waals surface area contributed by atoms with Gasteiger partial charge in [0.1, 0.15) is 0 Å². The first-order chi connectivity index (χ1) is 6.41. The predicted octanol–water partition coefficient (Wildman–Crippen LogP) is 2.40. The number of nitriles is 1. The molecule has 0 radical (unpaired) electrons. The Kier molecular flexibility index (Phi) is 10.0. The van der Waals surface area contributed by atoms with Gasteiger partial charge in [-0.1, -0.05) is 31.2 Å². The van der Waals surface area contributed by atoms with Gasteiger partial charge in [-0.25, -0.2) is 0 Å². The maximum atomic E-state index is 8.24. The molecule has 0 saturated heterocycles. The molecule has 0 bridgehead atoms. The summed E-state index contributed by atoms with van der Waals surface area (Å²) in [6.07, 6.45) is 10.7. The van der Waals surface area contributed by atoms with Crippen LogP contribution in [0.1, 0.15) is 26.2 Å². The summed E-state index contributed by atoms with van der Waals surface area (Å²) >= 11 is 0. The van der Waals surface area contributed by atoms with Crippen LogP contribution in [-0.4, -0.2) is 13.1 Å². The number of hydrogen-bond donors (Lipinski definition) is 1. The van der Waals surface area contributed by atoms with Crippen molar-refractivity contribution in [3.8, 4) is 6.07 Å². The number of hydrogen-bond acceptors (Lipinski definition) is 2. The van der Waals surface area contributed by atoms with Crippen LogP contribution in [0, 0.1) is 11.3 Å². The standard InChI is InChI=1S/C11H18N2/c1-2-10-13-11-8-6-4-3-5-7-9-12/h3,5-6,8,13H,2,4,7,10-11H2,1H3/b5-3-,8-6-. The van der Waals surface area contributed by atoms with Crippen LogP contribution >= 0.6 is 0 Å². The van der Waals surface area contributed by atoms with E-state index in [1.54, 1.807) is 0 Å². The van der Waals surface area contributed by atoms with Crippen molar-refractivity contribution in [2.24, 2.45) is 0 Å². The summed E-state index contributed by atoms with van der Waals surface area (Å²) in [5.41, 5.74) is 0. The zero-order valence-corrected chi connectivity index (χ0v) is 8.29. The van der Waals surface area contributed by atoms with Gasteiger partial charge >= 0.3 is 0 Å². The molecule has 0 aliphatic rings. The Hall–Kier alpha value is -1.07. The molecular formula is C11H18N2. The average molecular weight is 178 g/mol. The molecule has 0 unspecified atom stereocenters. The lowest BCUT2D eigenvalue weighted by Crippen LogP contribution is -2.13. The highest BCUT2D eigenvalue weighted by molar-refractivity contribution is 4.96. The van der Waals surface area contributed by atoms with Crippen molar-refractivity contribution < 1.29 is 0 Å². The van der Waals surface area contributed by atoms with E-state index in [0.29, 0.717) is 6.42 Å². The largest absolute Gasteiger partial charge is 0.313 e. The van der Waals surface area contributed by atoms with Gasteiger partial charge < -0.3 is 5.32 Å². The lowest BCUT2D eigenvalue weighted by atomic mass is 10.3. The maximum absolute atomic E-state index is 8.24. The van der Waals surface area contributed by atoms with Crippen LogP contribution < -0.4 is 5.32 Å². The molecule has 0 amide bonds. The van der Waals surface area contributed by atoms with Gasteiger partial charge in [0.2, 0.25) is 0 Å². The molecule has 0 saturated carbocycles. The first kappa shape index (κ1) is 11.9. The van der Waals surface area contributed by atoms with Crippen molar-refractivity contribution in [3.63, 3.8) is 0 Å². The Morgan fingerprint density at radius 2 is 2.00 bits per heavy atom. The topological polar surface area (TPSA) is 35.8 Å². The molecule has 0 aromatic carbocycles. The van der Waals surface area contributed by atoms with Crippen LogP contribution in [0.25, 0.3) is 0 Å². The fourth-order valence-electron chi connectivity index (χ4n) is 0.853. The van der Waals surface area contributed by atoms with E-state index >= 15 is 0 Å². The summed E-state index contributed by atoms with van der Waals surface area (Å²) in [4.78, 5) is 0. The van der Waals surface area contributed by atoms with E-state index in [1.807, 2.05) is 12.2 Å². The minimum atomic E-state index is 0.516. The van der Waals surface area contributed by atoms with Crippen molar-refractivity contribution >= 4 is 0 Å². The third-order valence-electron chi connectivity index (χ3n) is 1.50. The average Bonchev–Trinajstić information content (AvgIpc) is 2.16. The second-order valence-corrected chi connectivity index (χ2v) is 2.74. The second-order valence-electron chi connectivity index (χ2n) is 2.74. The molecule has 72 valence electrons. The lowest BCUT2D eigenvalue weighted by Gasteiger charge is -1.94. The third kappa shape index (κ3) is 10.9. The van der Waals surface area contributed by atoms with Gasteiger partial charge in [0.15, 0.2) is 0 Å². The van der Waals surface area contributed by atoms with Crippen LogP contribution in [0.15, 0.2) is 24.3 Å². The Labute approximate surface area is 81.0 Å². The van der Waals surface area contributed by atoms with Gasteiger partial charge in [-0.2, -0.15) is 5.26 Å². The molecule has 13 heavy (non-hydrogen) atoms. The van der Waals surface area contributed by atoms with Gasteiger partial charge in [0.05, 0.1) is 12.5 Å². The van der Waals surface area contributed by atoms with E-state index in [0.717, 1.165) is 19.5 Å². The molecular weight excluding hydrogens is 160 g/mol. The first-order valence-corrected chi connectivity index (χ1v) is 4.79. The highest BCUT2D eigenvalue weighted by Crippen LogP contribution is 1.87. The van der Waals surface area contributed by atoms with E-state index in [4.69, 9.17) is 5.26 Å². The van der Waals surface area contributed by atoms with E-state index in [-0.39, 0.29) is 0 Å². The number of nitrogens with zero attached hydrogens (tertiary/aromatic N) is 1. The fraction of sp³-hybridized carbons (Fsp3) is 0.545. The van der Waals surface area contributed by atoms with Crippen LogP contribution in [0.5, 0.6) is 0 Å². The Morgan fingerprint density at radius 3 is 2.69 bits per heavy atom. The fourth-order valence-corrected chi connectivity index (χ4v) is 0.853. The molecule has 0 atom stereocenters. The van der Waals surface area contributed by atoms with Gasteiger partial charge in [0.25, 0.3) is 0 Å². The Morgan fingerprint density at radius 1 is 1.23 bits per heavy atom. The van der Waals surface area contributed by atoms with Crippen molar-refractivity contribution in [3.05, 3.63) is 24.3 Å².